The normalized spacial score (nSPS) is 16.9. The van der Waals surface area contributed by atoms with Gasteiger partial charge in [-0.2, -0.15) is 26.3 Å². The van der Waals surface area contributed by atoms with Crippen molar-refractivity contribution in [2.24, 2.45) is 16.6 Å². The number of rotatable bonds is 9. The minimum Gasteiger partial charge on any atom is -0.395 e. The molecule has 3 rings (SSSR count). The first kappa shape index (κ1) is 31.3. The van der Waals surface area contributed by atoms with E-state index in [0.29, 0.717) is 17.7 Å². The number of nitrogens with one attached hydrogen (secondary N) is 1. The summed E-state index contributed by atoms with van der Waals surface area (Å²) in [6.45, 7) is -5.80. The van der Waals surface area contributed by atoms with Gasteiger partial charge in [-0.25, -0.2) is 8.78 Å². The van der Waals surface area contributed by atoms with E-state index in [1.807, 2.05) is 5.32 Å². The molecule has 2 amide bonds. The number of carbonyl (C=O) groups excluding carboxylic acids is 2. The van der Waals surface area contributed by atoms with Crippen molar-refractivity contribution in [3.63, 3.8) is 0 Å². The number of amides is 2. The molecule has 15 heteroatoms. The van der Waals surface area contributed by atoms with Crippen LogP contribution in [-0.4, -0.2) is 66.1 Å². The predicted octanol–water partition coefficient (Wildman–Crippen LogP) is 3.85. The zero-order chi connectivity index (χ0) is 30.6. The topological polar surface area (TPSA) is 108 Å². The molecule has 4 N–H and O–H groups in total. The molecular weight excluding hydrogens is 568 g/mol. The molecule has 0 radical (unpaired) electrons. The van der Waals surface area contributed by atoms with E-state index in [1.54, 1.807) is 0 Å². The van der Waals surface area contributed by atoms with Crippen LogP contribution in [0, 0.1) is 11.7 Å². The lowest BCUT2D eigenvalue weighted by molar-refractivity contribution is -0.260. The van der Waals surface area contributed by atoms with Gasteiger partial charge in [0, 0.05) is 18.3 Å². The molecular formula is C26H22F8N4O3. The van der Waals surface area contributed by atoms with E-state index >= 15 is 0 Å². The number of nitrogens with two attached hydrogens (primary N) is 1. The van der Waals surface area contributed by atoms with Gasteiger partial charge in [0.25, 0.3) is 5.91 Å². The summed E-state index contributed by atoms with van der Waals surface area (Å²) in [6, 6.07) is 8.18. The Labute approximate surface area is 227 Å². The van der Waals surface area contributed by atoms with Gasteiger partial charge in [-0.3, -0.25) is 14.6 Å². The van der Waals surface area contributed by atoms with Crippen LogP contribution in [0.25, 0.3) is 5.70 Å². The lowest BCUT2D eigenvalue weighted by Crippen LogP contribution is -2.61. The molecule has 41 heavy (non-hydrogen) atoms. The fourth-order valence-corrected chi connectivity index (χ4v) is 3.79. The van der Waals surface area contributed by atoms with Gasteiger partial charge in [0.2, 0.25) is 5.91 Å². The molecule has 1 aliphatic heterocycles. The number of aliphatic imine (C=N–C) groups is 1. The van der Waals surface area contributed by atoms with E-state index in [2.05, 4.69) is 10.7 Å². The number of halogens is 8. The summed E-state index contributed by atoms with van der Waals surface area (Å²) in [5, 5.41) is 12.3. The van der Waals surface area contributed by atoms with Gasteiger partial charge < -0.3 is 21.1 Å². The van der Waals surface area contributed by atoms with E-state index in [4.69, 9.17) is 5.73 Å². The van der Waals surface area contributed by atoms with Crippen molar-refractivity contribution >= 4 is 23.7 Å². The number of hydrogen-bond acceptors (Lipinski definition) is 5. The maximum absolute atomic E-state index is 14.0. The van der Waals surface area contributed by atoms with Crippen LogP contribution in [0.4, 0.5) is 35.1 Å². The molecule has 0 bridgehead atoms. The Hall–Kier alpha value is -4.23. The fraction of sp³-hybridized carbons (Fsp3) is 0.308. The first-order valence-electron chi connectivity index (χ1n) is 11.7. The monoisotopic (exact) mass is 590 g/mol. The number of aliphatic hydroxyl groups is 1. The summed E-state index contributed by atoms with van der Waals surface area (Å²) in [6.07, 6.45) is -9.60. The SMILES string of the molecule is NC1=C=C(c2ccc(F)cc2)N=CC1C(=O)NCC(O)(CN(CCF)C(=O)c1ccccc1C(F)(F)F)C(F)(F)F. The van der Waals surface area contributed by atoms with Crippen LogP contribution in [0.2, 0.25) is 0 Å². The van der Waals surface area contributed by atoms with Crippen LogP contribution in [0.5, 0.6) is 0 Å². The van der Waals surface area contributed by atoms with Crippen LogP contribution in [0.3, 0.4) is 0 Å². The van der Waals surface area contributed by atoms with Crippen molar-refractivity contribution in [2.75, 3.05) is 26.3 Å². The molecule has 0 fully saturated rings. The Kier molecular flexibility index (Phi) is 9.24. The Morgan fingerprint density at radius 1 is 1.05 bits per heavy atom. The van der Waals surface area contributed by atoms with Crippen molar-refractivity contribution in [1.82, 2.24) is 10.2 Å². The molecule has 0 spiro atoms. The maximum Gasteiger partial charge on any atom is 0.420 e. The zero-order valence-corrected chi connectivity index (χ0v) is 20.9. The van der Waals surface area contributed by atoms with Crippen molar-refractivity contribution in [3.05, 3.63) is 82.5 Å². The molecule has 2 aromatic rings. The third kappa shape index (κ3) is 7.30. The van der Waals surface area contributed by atoms with E-state index in [9.17, 15) is 49.8 Å². The summed E-state index contributed by atoms with van der Waals surface area (Å²) in [5.41, 5.74) is 2.18. The molecule has 2 atom stereocenters. The number of carbonyl (C=O) groups is 2. The summed E-state index contributed by atoms with van der Waals surface area (Å²) < 4.78 is 108. The average Bonchev–Trinajstić information content (AvgIpc) is 2.90. The summed E-state index contributed by atoms with van der Waals surface area (Å²) in [7, 11) is 0. The van der Waals surface area contributed by atoms with Crippen molar-refractivity contribution in [3.8, 4) is 0 Å². The Morgan fingerprint density at radius 2 is 1.68 bits per heavy atom. The number of nitrogens with zero attached hydrogens (tertiary/aromatic N) is 2. The summed E-state index contributed by atoms with van der Waals surface area (Å²) in [5.74, 6) is -4.74. The van der Waals surface area contributed by atoms with Crippen LogP contribution < -0.4 is 11.1 Å². The highest BCUT2D eigenvalue weighted by Crippen LogP contribution is 2.34. The van der Waals surface area contributed by atoms with Crippen molar-refractivity contribution < 1.29 is 49.8 Å². The lowest BCUT2D eigenvalue weighted by Gasteiger charge is -2.36. The quantitative estimate of drug-likeness (QED) is 0.305. The second kappa shape index (κ2) is 12.1. The van der Waals surface area contributed by atoms with Gasteiger partial charge in [0.1, 0.15) is 24.1 Å². The number of hydrogen-bond donors (Lipinski definition) is 3. The Bertz CT molecular complexity index is 1380. The van der Waals surface area contributed by atoms with E-state index < -0.39 is 78.9 Å². The van der Waals surface area contributed by atoms with Crippen LogP contribution >= 0.6 is 0 Å². The molecule has 0 saturated heterocycles. The maximum atomic E-state index is 14.0. The van der Waals surface area contributed by atoms with E-state index in [-0.39, 0.29) is 16.3 Å². The van der Waals surface area contributed by atoms with Crippen LogP contribution in [0.15, 0.2) is 65.0 Å². The van der Waals surface area contributed by atoms with Crippen molar-refractivity contribution in [1.29, 1.82) is 0 Å². The highest BCUT2D eigenvalue weighted by atomic mass is 19.4. The minimum atomic E-state index is -5.53. The van der Waals surface area contributed by atoms with Gasteiger partial charge >= 0.3 is 12.4 Å². The molecule has 220 valence electrons. The smallest absolute Gasteiger partial charge is 0.395 e. The third-order valence-electron chi connectivity index (χ3n) is 5.99. The van der Waals surface area contributed by atoms with Gasteiger partial charge in [0.15, 0.2) is 5.60 Å². The standard InChI is InChI=1S/C26H22F8N4O3/c27-9-10-38(23(40)17-3-1-2-4-19(17)25(29,30)31)14-24(41,26(32,33)34)13-37-22(39)18-12-36-21(11-20(18)35)15-5-7-16(28)8-6-15/h1-8,12,18,41H,9-10,13-14,35H2,(H,37,39). The largest absolute Gasteiger partial charge is 0.420 e. The molecule has 2 unspecified atom stereocenters. The first-order valence-corrected chi connectivity index (χ1v) is 11.7. The minimum absolute atomic E-state index is 0.0816. The summed E-state index contributed by atoms with van der Waals surface area (Å²) in [4.78, 5) is 29.5. The predicted molar refractivity (Wildman–Crippen MR) is 130 cm³/mol. The molecule has 7 nitrogen and oxygen atoms in total. The van der Waals surface area contributed by atoms with Gasteiger partial charge in [-0.1, -0.05) is 17.9 Å². The van der Waals surface area contributed by atoms with E-state index in [0.717, 1.165) is 30.5 Å². The number of alkyl halides is 7. The average molecular weight is 590 g/mol. The van der Waals surface area contributed by atoms with Gasteiger partial charge in [-0.15, -0.1) is 0 Å². The molecule has 1 aliphatic rings. The van der Waals surface area contributed by atoms with Gasteiger partial charge in [-0.05, 0) is 36.4 Å². The molecule has 0 saturated carbocycles. The molecule has 0 aromatic heterocycles. The second-order valence-electron chi connectivity index (χ2n) is 8.90. The van der Waals surface area contributed by atoms with Gasteiger partial charge in [0.05, 0.1) is 29.9 Å². The highest BCUT2D eigenvalue weighted by molar-refractivity contribution is 5.99. The molecule has 2 aromatic carbocycles. The molecule has 1 heterocycles. The second-order valence-corrected chi connectivity index (χ2v) is 8.90. The Balaban J connectivity index is 1.82. The van der Waals surface area contributed by atoms with Crippen molar-refractivity contribution in [2.45, 2.75) is 18.0 Å². The highest BCUT2D eigenvalue weighted by Gasteiger charge is 2.55. The fourth-order valence-electron chi connectivity index (χ4n) is 3.79. The Morgan fingerprint density at radius 3 is 2.24 bits per heavy atom. The zero-order valence-electron chi connectivity index (χ0n) is 20.9. The number of benzene rings is 2. The van der Waals surface area contributed by atoms with Crippen LogP contribution in [0.1, 0.15) is 21.5 Å². The van der Waals surface area contributed by atoms with E-state index in [1.165, 1.54) is 12.1 Å². The van der Waals surface area contributed by atoms with Crippen LogP contribution in [-0.2, 0) is 11.0 Å². The third-order valence-corrected chi connectivity index (χ3v) is 5.99. The molecule has 0 aliphatic carbocycles. The first-order chi connectivity index (χ1) is 19.1. The summed E-state index contributed by atoms with van der Waals surface area (Å²) >= 11 is 0. The lowest BCUT2D eigenvalue weighted by atomic mass is 9.99.